The average molecular weight is 306 g/mol. The van der Waals surface area contributed by atoms with Gasteiger partial charge in [0.25, 0.3) is 0 Å². The molecule has 0 amide bonds. The van der Waals surface area contributed by atoms with E-state index in [9.17, 15) is 13.2 Å². The Balaban J connectivity index is 2.84. The van der Waals surface area contributed by atoms with Crippen molar-refractivity contribution in [3.8, 4) is 0 Å². The highest BCUT2D eigenvalue weighted by atomic mass is 35.5. The van der Waals surface area contributed by atoms with E-state index in [1.54, 1.807) is 13.8 Å². The highest BCUT2D eigenvalue weighted by Gasteiger charge is 2.26. The maximum atomic E-state index is 12.1. The normalized spacial score (nSPS) is 12.4. The maximum Gasteiger partial charge on any atom is 0.303 e. The molecule has 0 saturated carbocycles. The van der Waals surface area contributed by atoms with Crippen molar-refractivity contribution in [2.45, 2.75) is 37.1 Å². The summed E-state index contributed by atoms with van der Waals surface area (Å²) in [5, 5.41) is 9.08. The summed E-state index contributed by atoms with van der Waals surface area (Å²) in [7, 11) is -3.68. The van der Waals surface area contributed by atoms with Crippen LogP contribution in [0.2, 0.25) is 5.02 Å². The third-order valence-corrected chi connectivity index (χ3v) is 4.46. The van der Waals surface area contributed by atoms with Gasteiger partial charge in [0.05, 0.1) is 4.90 Å². The largest absolute Gasteiger partial charge is 0.481 e. The van der Waals surface area contributed by atoms with E-state index in [-0.39, 0.29) is 17.7 Å². The number of carboxylic acids is 1. The van der Waals surface area contributed by atoms with Crippen molar-refractivity contribution in [1.82, 2.24) is 4.72 Å². The van der Waals surface area contributed by atoms with Gasteiger partial charge in [-0.2, -0.15) is 0 Å². The standard InChI is InChI=1S/C12H16ClNO4S/c1-12(2,8-7-11(15)16)14-19(17,18)10-5-3-9(13)4-6-10/h3-6,14H,7-8H2,1-2H3,(H,15,16). The molecule has 0 aromatic heterocycles. The topological polar surface area (TPSA) is 83.5 Å². The third-order valence-electron chi connectivity index (χ3n) is 2.50. The summed E-state index contributed by atoms with van der Waals surface area (Å²) >= 11 is 5.70. The fraction of sp³-hybridized carbons (Fsp3) is 0.417. The Kier molecular flexibility index (Phi) is 4.95. The number of halogens is 1. The van der Waals surface area contributed by atoms with Gasteiger partial charge in [0.2, 0.25) is 10.0 Å². The molecule has 0 fully saturated rings. The molecule has 0 bridgehead atoms. The highest BCUT2D eigenvalue weighted by molar-refractivity contribution is 7.89. The van der Waals surface area contributed by atoms with Gasteiger partial charge in [0.1, 0.15) is 0 Å². The molecule has 0 aliphatic carbocycles. The Morgan fingerprint density at radius 3 is 2.32 bits per heavy atom. The van der Waals surface area contributed by atoms with Crippen LogP contribution >= 0.6 is 11.6 Å². The fourth-order valence-corrected chi connectivity index (χ4v) is 3.07. The number of carbonyl (C=O) groups is 1. The minimum Gasteiger partial charge on any atom is -0.481 e. The van der Waals surface area contributed by atoms with E-state index < -0.39 is 21.5 Å². The van der Waals surface area contributed by atoms with Crippen molar-refractivity contribution in [2.24, 2.45) is 0 Å². The summed E-state index contributed by atoms with van der Waals surface area (Å²) < 4.78 is 26.7. The van der Waals surface area contributed by atoms with Crippen molar-refractivity contribution in [3.63, 3.8) is 0 Å². The number of benzene rings is 1. The van der Waals surface area contributed by atoms with Crippen LogP contribution in [0.4, 0.5) is 0 Å². The maximum absolute atomic E-state index is 12.1. The highest BCUT2D eigenvalue weighted by Crippen LogP contribution is 2.18. The Labute approximate surface area is 117 Å². The Morgan fingerprint density at radius 2 is 1.84 bits per heavy atom. The summed E-state index contributed by atoms with van der Waals surface area (Å²) in [6.07, 6.45) is 0.102. The molecule has 106 valence electrons. The zero-order chi connectivity index (χ0) is 14.7. The van der Waals surface area contributed by atoms with Gasteiger partial charge in [-0.15, -0.1) is 0 Å². The second-order valence-corrected chi connectivity index (χ2v) is 6.96. The summed E-state index contributed by atoms with van der Waals surface area (Å²) in [6.45, 7) is 3.28. The predicted molar refractivity (Wildman–Crippen MR) is 72.7 cm³/mol. The van der Waals surface area contributed by atoms with Gasteiger partial charge >= 0.3 is 5.97 Å². The fourth-order valence-electron chi connectivity index (χ4n) is 1.51. The van der Waals surface area contributed by atoms with Crippen LogP contribution in [0, 0.1) is 0 Å². The first-order valence-corrected chi connectivity index (χ1v) is 7.50. The van der Waals surface area contributed by atoms with Gasteiger partial charge in [-0.25, -0.2) is 13.1 Å². The van der Waals surface area contributed by atoms with Gasteiger partial charge in [0.15, 0.2) is 0 Å². The summed E-state index contributed by atoms with van der Waals surface area (Å²) in [4.78, 5) is 10.6. The van der Waals surface area contributed by atoms with Crippen LogP contribution in [0.25, 0.3) is 0 Å². The minimum atomic E-state index is -3.68. The van der Waals surface area contributed by atoms with Crippen LogP contribution < -0.4 is 4.72 Å². The molecule has 0 atom stereocenters. The van der Waals surface area contributed by atoms with Gasteiger partial charge in [-0.05, 0) is 44.5 Å². The second kappa shape index (κ2) is 5.90. The van der Waals surface area contributed by atoms with Gasteiger partial charge < -0.3 is 5.11 Å². The second-order valence-electron chi connectivity index (χ2n) is 4.84. The third kappa shape index (κ3) is 5.18. The van der Waals surface area contributed by atoms with E-state index in [1.807, 2.05) is 0 Å². The van der Waals surface area contributed by atoms with Crippen LogP contribution in [0.5, 0.6) is 0 Å². The van der Waals surface area contributed by atoms with E-state index >= 15 is 0 Å². The Hall–Kier alpha value is -1.11. The summed E-state index contributed by atoms with van der Waals surface area (Å²) in [5.74, 6) is -0.959. The van der Waals surface area contributed by atoms with E-state index in [1.165, 1.54) is 24.3 Å². The number of rotatable bonds is 6. The molecule has 0 heterocycles. The van der Waals surface area contributed by atoms with E-state index in [0.717, 1.165) is 0 Å². The summed E-state index contributed by atoms with van der Waals surface area (Å²) in [6, 6.07) is 5.77. The molecule has 19 heavy (non-hydrogen) atoms. The molecular weight excluding hydrogens is 290 g/mol. The molecule has 1 aromatic carbocycles. The lowest BCUT2D eigenvalue weighted by Gasteiger charge is -2.25. The van der Waals surface area contributed by atoms with E-state index in [0.29, 0.717) is 5.02 Å². The lowest BCUT2D eigenvalue weighted by molar-refractivity contribution is -0.137. The van der Waals surface area contributed by atoms with Gasteiger partial charge in [-0.1, -0.05) is 11.6 Å². The quantitative estimate of drug-likeness (QED) is 0.844. The molecule has 5 nitrogen and oxygen atoms in total. The van der Waals surface area contributed by atoms with Crippen molar-refractivity contribution in [1.29, 1.82) is 0 Å². The first kappa shape index (κ1) is 15.9. The Morgan fingerprint density at radius 1 is 1.32 bits per heavy atom. The van der Waals surface area contributed by atoms with Gasteiger partial charge in [0, 0.05) is 17.0 Å². The van der Waals surface area contributed by atoms with Crippen LogP contribution in [0.15, 0.2) is 29.2 Å². The first-order valence-electron chi connectivity index (χ1n) is 5.64. The molecule has 0 aliphatic rings. The monoisotopic (exact) mass is 305 g/mol. The van der Waals surface area contributed by atoms with Crippen molar-refractivity contribution >= 4 is 27.6 Å². The predicted octanol–water partition coefficient (Wildman–Crippen LogP) is 2.26. The van der Waals surface area contributed by atoms with E-state index in [4.69, 9.17) is 16.7 Å². The number of sulfonamides is 1. The molecule has 1 rings (SSSR count). The average Bonchev–Trinajstić information content (AvgIpc) is 2.26. The zero-order valence-electron chi connectivity index (χ0n) is 10.7. The number of hydrogen-bond acceptors (Lipinski definition) is 3. The number of nitrogens with one attached hydrogen (secondary N) is 1. The van der Waals surface area contributed by atoms with Crippen molar-refractivity contribution in [3.05, 3.63) is 29.3 Å². The smallest absolute Gasteiger partial charge is 0.303 e. The van der Waals surface area contributed by atoms with Crippen LogP contribution in [0.3, 0.4) is 0 Å². The molecule has 0 unspecified atom stereocenters. The van der Waals surface area contributed by atoms with Crippen LogP contribution in [0.1, 0.15) is 26.7 Å². The number of aliphatic carboxylic acids is 1. The van der Waals surface area contributed by atoms with Crippen molar-refractivity contribution < 1.29 is 18.3 Å². The summed E-state index contributed by atoms with van der Waals surface area (Å²) in [5.41, 5.74) is -0.836. The molecule has 0 radical (unpaired) electrons. The minimum absolute atomic E-state index is 0.0975. The van der Waals surface area contributed by atoms with E-state index in [2.05, 4.69) is 4.72 Å². The zero-order valence-corrected chi connectivity index (χ0v) is 12.3. The molecule has 0 saturated heterocycles. The molecule has 2 N–H and O–H groups in total. The first-order chi connectivity index (χ1) is 8.62. The SMILES string of the molecule is CC(C)(CCC(=O)O)NS(=O)(=O)c1ccc(Cl)cc1. The van der Waals surface area contributed by atoms with Crippen molar-refractivity contribution in [2.75, 3.05) is 0 Å². The lowest BCUT2D eigenvalue weighted by Crippen LogP contribution is -2.43. The molecular formula is C12H16ClNO4S. The molecule has 0 aliphatic heterocycles. The van der Waals surface area contributed by atoms with Crippen LogP contribution in [-0.4, -0.2) is 25.0 Å². The number of hydrogen-bond donors (Lipinski definition) is 2. The molecule has 7 heteroatoms. The van der Waals surface area contributed by atoms with Gasteiger partial charge in [-0.3, -0.25) is 4.79 Å². The Bertz CT molecular complexity index is 552. The number of carboxylic acid groups (broad SMARTS) is 1. The lowest BCUT2D eigenvalue weighted by atomic mass is 10.0. The molecule has 0 spiro atoms. The molecule has 1 aromatic rings. The van der Waals surface area contributed by atoms with Crippen LogP contribution in [-0.2, 0) is 14.8 Å².